The highest BCUT2D eigenvalue weighted by Crippen LogP contribution is 2.44. The molecule has 1 aliphatic rings. The van der Waals surface area contributed by atoms with E-state index < -0.39 is 39.8 Å². The number of nitrogens with two attached hydrogens (primary N) is 1. The lowest BCUT2D eigenvalue weighted by atomic mass is 9.98. The van der Waals surface area contributed by atoms with Crippen LogP contribution in [0.3, 0.4) is 0 Å². The quantitative estimate of drug-likeness (QED) is 0.0504. The van der Waals surface area contributed by atoms with Crippen molar-refractivity contribution in [1.29, 1.82) is 0 Å². The maximum Gasteiger partial charge on any atom is 0.424 e. The standard InChI is InChI=1S/C37H46N6O9S/c1-42(37(46)52-24-32-30-11-5-3-9-28(30)29-10-4-6-12-31(29)32)40-23-27-22-26-8-2-7-13-34(26)43(27)17-14-35(44)41-33(25-53(47,48)49)36(45)39-16-19-51-21-20-50-18-15-38/h2-13,22,32-33,40H,14-21,23-25,38H2,1H3,(H,39,45)(H,41,44)(H,47,48,49). The Labute approximate surface area is 308 Å². The molecule has 1 aliphatic carbocycles. The lowest BCUT2D eigenvalue weighted by Crippen LogP contribution is -2.51. The first-order valence-corrected chi connectivity index (χ1v) is 18.9. The molecule has 0 spiro atoms. The van der Waals surface area contributed by atoms with E-state index in [9.17, 15) is 27.4 Å². The van der Waals surface area contributed by atoms with Crippen LogP contribution in [-0.4, -0.2) is 105 Å². The molecule has 0 fully saturated rings. The van der Waals surface area contributed by atoms with Crippen molar-refractivity contribution in [3.05, 3.63) is 95.7 Å². The Kier molecular flexibility index (Phi) is 13.9. The summed E-state index contributed by atoms with van der Waals surface area (Å²) in [6.07, 6.45) is -0.671. The second-order valence-corrected chi connectivity index (χ2v) is 14.0. The molecule has 1 heterocycles. The Hall–Kier alpha value is -4.84. The Morgan fingerprint density at radius 3 is 2.25 bits per heavy atom. The molecule has 16 heteroatoms. The van der Waals surface area contributed by atoms with Crippen molar-refractivity contribution in [2.45, 2.75) is 31.5 Å². The minimum absolute atomic E-state index is 0.0454. The van der Waals surface area contributed by atoms with Crippen molar-refractivity contribution in [2.75, 3.05) is 58.9 Å². The minimum Gasteiger partial charge on any atom is -0.447 e. The van der Waals surface area contributed by atoms with Gasteiger partial charge in [-0.25, -0.2) is 15.2 Å². The van der Waals surface area contributed by atoms with Crippen LogP contribution in [0.15, 0.2) is 78.9 Å². The number of amides is 3. The fourth-order valence-electron chi connectivity index (χ4n) is 6.28. The van der Waals surface area contributed by atoms with Gasteiger partial charge in [0, 0.05) is 50.2 Å². The van der Waals surface area contributed by atoms with Crippen LogP contribution in [0.5, 0.6) is 0 Å². The van der Waals surface area contributed by atoms with Gasteiger partial charge in [-0.2, -0.15) is 8.42 Å². The Bertz CT molecular complexity index is 1940. The van der Waals surface area contributed by atoms with Crippen molar-refractivity contribution in [3.63, 3.8) is 0 Å². The van der Waals surface area contributed by atoms with E-state index in [0.29, 0.717) is 19.8 Å². The van der Waals surface area contributed by atoms with Crippen LogP contribution in [0.4, 0.5) is 4.79 Å². The average molecular weight is 751 g/mol. The summed E-state index contributed by atoms with van der Waals surface area (Å²) in [6, 6.07) is 24.2. The number of hydrogen-bond acceptors (Lipinski definition) is 10. The smallest absolute Gasteiger partial charge is 0.424 e. The number of aromatic nitrogens is 1. The van der Waals surface area contributed by atoms with Gasteiger partial charge in [0.2, 0.25) is 11.8 Å². The molecule has 3 aromatic carbocycles. The monoisotopic (exact) mass is 750 g/mol. The largest absolute Gasteiger partial charge is 0.447 e. The van der Waals surface area contributed by atoms with E-state index in [1.807, 2.05) is 59.2 Å². The van der Waals surface area contributed by atoms with E-state index >= 15 is 0 Å². The first-order chi connectivity index (χ1) is 25.6. The third-order valence-electron chi connectivity index (χ3n) is 8.77. The summed E-state index contributed by atoms with van der Waals surface area (Å²) in [5, 5.41) is 7.13. The SMILES string of the molecule is CN(NCc1cc2ccccc2n1CCC(=O)NC(CS(=O)(=O)O)C(=O)NCCOCCOCCN)C(=O)OCC1c2ccccc2-c2ccccc21. The average Bonchev–Trinajstić information content (AvgIpc) is 3.66. The molecule has 1 atom stereocenters. The molecule has 0 saturated heterocycles. The van der Waals surface area contributed by atoms with Gasteiger partial charge < -0.3 is 35.1 Å². The predicted octanol–water partition coefficient (Wildman–Crippen LogP) is 2.40. The fraction of sp³-hybridized carbons (Fsp3) is 0.378. The minimum atomic E-state index is -4.60. The number of nitrogens with one attached hydrogen (secondary N) is 3. The Balaban J connectivity index is 1.15. The summed E-state index contributed by atoms with van der Waals surface area (Å²) >= 11 is 0. The van der Waals surface area contributed by atoms with Gasteiger partial charge in [0.15, 0.2) is 0 Å². The predicted molar refractivity (Wildman–Crippen MR) is 198 cm³/mol. The number of carbonyl (C=O) groups is 3. The molecule has 284 valence electrons. The molecule has 1 aromatic heterocycles. The lowest BCUT2D eigenvalue weighted by molar-refractivity contribution is -0.128. The van der Waals surface area contributed by atoms with Crippen LogP contribution in [0.1, 0.15) is 29.2 Å². The lowest BCUT2D eigenvalue weighted by Gasteiger charge is -2.21. The number of hydrazine groups is 1. The number of fused-ring (bicyclic) bond motifs is 4. The molecule has 0 radical (unpaired) electrons. The van der Waals surface area contributed by atoms with Crippen LogP contribution in [0.2, 0.25) is 0 Å². The van der Waals surface area contributed by atoms with Gasteiger partial charge in [-0.15, -0.1) is 0 Å². The summed E-state index contributed by atoms with van der Waals surface area (Å²) in [5.41, 5.74) is 14.5. The van der Waals surface area contributed by atoms with E-state index in [0.717, 1.165) is 38.9 Å². The summed E-state index contributed by atoms with van der Waals surface area (Å²) in [7, 11) is -3.03. The third kappa shape index (κ3) is 10.8. The van der Waals surface area contributed by atoms with Crippen molar-refractivity contribution < 1.29 is 41.6 Å². The van der Waals surface area contributed by atoms with Crippen LogP contribution < -0.4 is 21.8 Å². The number of hydrogen-bond donors (Lipinski definition) is 5. The topological polar surface area (TPSA) is 204 Å². The summed E-state index contributed by atoms with van der Waals surface area (Å²) < 4.78 is 51.0. The van der Waals surface area contributed by atoms with Gasteiger partial charge in [-0.3, -0.25) is 14.1 Å². The summed E-state index contributed by atoms with van der Waals surface area (Å²) in [6.45, 7) is 2.12. The third-order valence-corrected chi connectivity index (χ3v) is 9.53. The normalized spacial score (nSPS) is 13.0. The van der Waals surface area contributed by atoms with Gasteiger partial charge in [-0.1, -0.05) is 66.7 Å². The fourth-order valence-corrected chi connectivity index (χ4v) is 6.94. The molecule has 15 nitrogen and oxygen atoms in total. The second-order valence-electron chi connectivity index (χ2n) is 12.5. The zero-order chi connectivity index (χ0) is 37.8. The number of nitrogens with zero attached hydrogens (tertiary/aromatic N) is 2. The molecule has 0 saturated carbocycles. The van der Waals surface area contributed by atoms with Crippen LogP contribution in [0, 0.1) is 0 Å². The number of aryl methyl sites for hydroxylation is 1. The van der Waals surface area contributed by atoms with Crippen molar-refractivity contribution >= 4 is 38.9 Å². The zero-order valence-corrected chi connectivity index (χ0v) is 30.3. The summed E-state index contributed by atoms with van der Waals surface area (Å²) in [5.74, 6) is -2.47. The van der Waals surface area contributed by atoms with Gasteiger partial charge in [0.05, 0.1) is 33.0 Å². The number of ether oxygens (including phenoxy) is 3. The molecule has 0 aliphatic heterocycles. The molecule has 3 amide bonds. The molecule has 4 aromatic rings. The molecule has 53 heavy (non-hydrogen) atoms. The highest BCUT2D eigenvalue weighted by atomic mass is 32.2. The number of rotatable bonds is 20. The van der Waals surface area contributed by atoms with Gasteiger partial charge >= 0.3 is 6.09 Å². The van der Waals surface area contributed by atoms with Crippen molar-refractivity contribution in [2.24, 2.45) is 5.73 Å². The van der Waals surface area contributed by atoms with E-state index in [1.165, 1.54) is 5.01 Å². The zero-order valence-electron chi connectivity index (χ0n) is 29.5. The number of benzene rings is 3. The number of carbonyl (C=O) groups excluding carboxylic acids is 3. The maximum absolute atomic E-state index is 13.1. The highest BCUT2D eigenvalue weighted by Gasteiger charge is 2.30. The molecule has 1 unspecified atom stereocenters. The second kappa shape index (κ2) is 18.8. The first kappa shape index (κ1) is 39.4. The van der Waals surface area contributed by atoms with Crippen LogP contribution in [0.25, 0.3) is 22.0 Å². The molecule has 6 N–H and O–H groups in total. The Morgan fingerprint density at radius 1 is 0.925 bits per heavy atom. The molecular weight excluding hydrogens is 705 g/mol. The van der Waals surface area contributed by atoms with E-state index in [1.54, 1.807) is 7.05 Å². The molecule has 0 bridgehead atoms. The van der Waals surface area contributed by atoms with E-state index in [2.05, 4.69) is 40.3 Å². The summed E-state index contributed by atoms with van der Waals surface area (Å²) in [4.78, 5) is 38.9. The number of para-hydroxylation sites is 1. The van der Waals surface area contributed by atoms with E-state index in [-0.39, 0.29) is 51.8 Å². The molecule has 5 rings (SSSR count). The molecular formula is C37H46N6O9S. The van der Waals surface area contributed by atoms with Crippen LogP contribution >= 0.6 is 0 Å². The highest BCUT2D eigenvalue weighted by molar-refractivity contribution is 7.85. The van der Waals surface area contributed by atoms with Crippen molar-refractivity contribution in [3.8, 4) is 11.1 Å². The van der Waals surface area contributed by atoms with Gasteiger partial charge in [0.25, 0.3) is 10.1 Å². The van der Waals surface area contributed by atoms with Crippen molar-refractivity contribution in [1.82, 2.24) is 25.6 Å². The maximum atomic E-state index is 13.1. The van der Waals surface area contributed by atoms with Gasteiger partial charge in [0.1, 0.15) is 18.4 Å². The van der Waals surface area contributed by atoms with E-state index in [4.69, 9.17) is 19.9 Å². The van der Waals surface area contributed by atoms with Crippen LogP contribution in [-0.2, 0) is 47.0 Å². The Morgan fingerprint density at radius 2 is 1.57 bits per heavy atom. The first-order valence-electron chi connectivity index (χ1n) is 17.3. The van der Waals surface area contributed by atoms with Gasteiger partial charge in [-0.05, 0) is 39.8 Å².